The molecule has 1 aliphatic heterocycles. The van der Waals surface area contributed by atoms with Crippen molar-refractivity contribution < 1.29 is 48.7 Å². The molecule has 0 amide bonds. The molecule has 11 nitrogen and oxygen atoms in total. The third kappa shape index (κ3) is 4.64. The van der Waals surface area contributed by atoms with E-state index >= 15 is 0 Å². The first-order chi connectivity index (χ1) is 15.5. The maximum Gasteiger partial charge on any atom is 0.414 e. The van der Waals surface area contributed by atoms with Gasteiger partial charge in [-0.1, -0.05) is 6.07 Å². The molecular formula is C22H29NO10. The van der Waals surface area contributed by atoms with E-state index in [9.17, 15) is 14.7 Å². The van der Waals surface area contributed by atoms with Gasteiger partial charge in [0.2, 0.25) is 0 Å². The second-order valence-electron chi connectivity index (χ2n) is 7.89. The largest absolute Gasteiger partial charge is 0.497 e. The van der Waals surface area contributed by atoms with Gasteiger partial charge in [-0.15, -0.1) is 0 Å². The maximum atomic E-state index is 13.1. The average molecular weight is 467 g/mol. The molecule has 1 aromatic carbocycles. The maximum absolute atomic E-state index is 13.1. The van der Waals surface area contributed by atoms with Gasteiger partial charge in [0.15, 0.2) is 0 Å². The minimum atomic E-state index is -1.82. The van der Waals surface area contributed by atoms with Crippen molar-refractivity contribution in [1.82, 2.24) is 4.90 Å². The topological polar surface area (TPSA) is 160 Å². The molecule has 1 aromatic rings. The average Bonchev–Trinajstić information content (AvgIpc) is 2.76. The number of aliphatic carboxylic acids is 2. The molecule has 182 valence electrons. The number of piperidine rings is 1. The van der Waals surface area contributed by atoms with Crippen molar-refractivity contribution in [3.63, 3.8) is 0 Å². The molecule has 3 unspecified atom stereocenters. The van der Waals surface area contributed by atoms with Crippen molar-refractivity contribution in [2.24, 2.45) is 0 Å². The van der Waals surface area contributed by atoms with Gasteiger partial charge in [-0.2, -0.15) is 0 Å². The Morgan fingerprint density at radius 3 is 2.30 bits per heavy atom. The fraction of sp³-hybridized carbons (Fsp3) is 0.545. The molecule has 1 aliphatic carbocycles. The lowest BCUT2D eigenvalue weighted by molar-refractivity contribution is -0.190. The highest BCUT2D eigenvalue weighted by Gasteiger charge is 2.67. The van der Waals surface area contributed by atoms with Crippen molar-refractivity contribution in [1.29, 1.82) is 0 Å². The van der Waals surface area contributed by atoms with E-state index in [0.29, 0.717) is 30.7 Å². The Kier molecular flexibility index (Phi) is 8.04. The van der Waals surface area contributed by atoms with Crippen LogP contribution in [0.2, 0.25) is 0 Å². The number of fused-ring (bicyclic) bond motifs is 4. The van der Waals surface area contributed by atoms with Crippen molar-refractivity contribution in [3.8, 4) is 5.75 Å². The Labute approximate surface area is 190 Å². The van der Waals surface area contributed by atoms with Crippen LogP contribution < -0.4 is 4.74 Å². The van der Waals surface area contributed by atoms with Crippen molar-refractivity contribution in [3.05, 3.63) is 29.3 Å². The molecular weight excluding hydrogens is 438 g/mol. The molecule has 11 heteroatoms. The summed E-state index contributed by atoms with van der Waals surface area (Å²) in [5, 5.41) is 26.7. The number of esters is 2. The second-order valence-corrected chi connectivity index (χ2v) is 7.89. The predicted molar refractivity (Wildman–Crippen MR) is 113 cm³/mol. The van der Waals surface area contributed by atoms with Gasteiger partial charge in [0.25, 0.3) is 0 Å². The highest BCUT2D eigenvalue weighted by atomic mass is 16.5. The number of aliphatic hydroxyl groups is 1. The zero-order chi connectivity index (χ0) is 25.0. The zero-order valence-corrected chi connectivity index (χ0v) is 19.0. The number of likely N-dealkylation sites (N-methyl/N-ethyl adjacent to an activating group) is 1. The van der Waals surface area contributed by atoms with Crippen LogP contribution in [0.25, 0.3) is 0 Å². The lowest BCUT2D eigenvalue weighted by Crippen LogP contribution is -2.74. The normalized spacial score (nSPS) is 25.5. The summed E-state index contributed by atoms with van der Waals surface area (Å²) in [7, 11) is 4.76. The highest BCUT2D eigenvalue weighted by Crippen LogP contribution is 2.54. The minimum Gasteiger partial charge on any atom is -0.497 e. The van der Waals surface area contributed by atoms with Crippen LogP contribution in [-0.2, 0) is 40.5 Å². The number of carboxylic acids is 2. The lowest BCUT2D eigenvalue weighted by atomic mass is 9.53. The first kappa shape index (κ1) is 26.1. The van der Waals surface area contributed by atoms with Crippen LogP contribution in [-0.4, -0.2) is 90.2 Å². The molecule has 1 fully saturated rings. The Hall–Kier alpha value is -3.18. The van der Waals surface area contributed by atoms with Crippen LogP contribution in [0.3, 0.4) is 0 Å². The van der Waals surface area contributed by atoms with Gasteiger partial charge in [-0.05, 0) is 56.6 Å². The standard InChI is InChI=1S/C20H27NO6.C2H2O4/c1-5-27-17(22)12-20(24)16-10-13-6-7-14(25-3)11-15(13)19(20,18(23)26-4)8-9-21(16)2;3-1(4)2(5)6/h6-7,11,16,24H,5,8-10,12H2,1-4H3;(H,3,4)(H,5,6). The van der Waals surface area contributed by atoms with E-state index in [1.54, 1.807) is 20.1 Å². The van der Waals surface area contributed by atoms with Gasteiger partial charge in [0.05, 0.1) is 27.2 Å². The van der Waals surface area contributed by atoms with E-state index in [2.05, 4.69) is 0 Å². The number of likely N-dealkylation sites (tertiary alicyclic amines) is 1. The van der Waals surface area contributed by atoms with E-state index in [1.165, 1.54) is 7.11 Å². The third-order valence-electron chi connectivity index (χ3n) is 6.29. The van der Waals surface area contributed by atoms with Crippen LogP contribution in [0.4, 0.5) is 0 Å². The van der Waals surface area contributed by atoms with Gasteiger partial charge < -0.3 is 34.4 Å². The molecule has 3 N–H and O–H groups in total. The number of carboxylic acid groups (broad SMARTS) is 2. The number of ether oxygens (including phenoxy) is 3. The van der Waals surface area contributed by atoms with Crippen molar-refractivity contribution in [2.45, 2.75) is 43.2 Å². The number of benzene rings is 1. The summed E-state index contributed by atoms with van der Waals surface area (Å²) in [6, 6.07) is 5.14. The minimum absolute atomic E-state index is 0.213. The lowest BCUT2D eigenvalue weighted by Gasteiger charge is -2.59. The molecule has 3 atom stereocenters. The summed E-state index contributed by atoms with van der Waals surface area (Å²) >= 11 is 0. The number of hydrogen-bond donors (Lipinski definition) is 3. The Bertz CT molecular complexity index is 920. The van der Waals surface area contributed by atoms with E-state index in [0.717, 1.165) is 5.56 Å². The summed E-state index contributed by atoms with van der Waals surface area (Å²) in [6.07, 6.45) is 0.578. The van der Waals surface area contributed by atoms with Gasteiger partial charge in [-0.3, -0.25) is 9.59 Å². The number of carbonyl (C=O) groups excluding carboxylic acids is 2. The van der Waals surface area contributed by atoms with Crippen LogP contribution in [0, 0.1) is 0 Å². The number of rotatable bonds is 5. The SMILES string of the molecule is CCOC(=O)CC1(O)C2Cc3ccc(OC)cc3C1(C(=O)OC)CCN2C.O=C(O)C(=O)O. The molecule has 33 heavy (non-hydrogen) atoms. The summed E-state index contributed by atoms with van der Waals surface area (Å²) in [5.74, 6) is -4.13. The summed E-state index contributed by atoms with van der Waals surface area (Å²) in [5.41, 5.74) is -1.37. The van der Waals surface area contributed by atoms with Gasteiger partial charge in [0.1, 0.15) is 16.8 Å². The summed E-state index contributed by atoms with van der Waals surface area (Å²) in [4.78, 5) is 45.7. The van der Waals surface area contributed by atoms with E-state index in [4.69, 9.17) is 34.0 Å². The third-order valence-corrected chi connectivity index (χ3v) is 6.29. The molecule has 0 radical (unpaired) electrons. The van der Waals surface area contributed by atoms with Crippen molar-refractivity contribution >= 4 is 23.9 Å². The predicted octanol–water partition coefficient (Wildman–Crippen LogP) is 0.206. The molecule has 0 aromatic heterocycles. The Morgan fingerprint density at radius 1 is 1.15 bits per heavy atom. The van der Waals surface area contributed by atoms with Gasteiger partial charge in [-0.25, -0.2) is 9.59 Å². The Balaban J connectivity index is 0.000000569. The summed E-state index contributed by atoms with van der Waals surface area (Å²) in [6.45, 7) is 2.53. The fourth-order valence-corrected chi connectivity index (χ4v) is 4.79. The van der Waals surface area contributed by atoms with E-state index in [-0.39, 0.29) is 13.0 Å². The molecule has 3 rings (SSSR count). The van der Waals surface area contributed by atoms with Crippen LogP contribution in [0.1, 0.15) is 30.9 Å². The smallest absolute Gasteiger partial charge is 0.414 e. The van der Waals surface area contributed by atoms with E-state index < -0.39 is 40.9 Å². The number of nitrogens with zero attached hydrogens (tertiary/aromatic N) is 1. The first-order valence-electron chi connectivity index (χ1n) is 10.3. The van der Waals surface area contributed by atoms with Crippen molar-refractivity contribution in [2.75, 3.05) is 34.4 Å². The molecule has 1 heterocycles. The molecule has 2 aliphatic rings. The zero-order valence-electron chi connectivity index (χ0n) is 19.0. The fourth-order valence-electron chi connectivity index (χ4n) is 4.79. The summed E-state index contributed by atoms with van der Waals surface area (Å²) < 4.78 is 15.6. The highest BCUT2D eigenvalue weighted by molar-refractivity contribution is 6.27. The van der Waals surface area contributed by atoms with Crippen LogP contribution in [0.15, 0.2) is 18.2 Å². The van der Waals surface area contributed by atoms with Gasteiger partial charge in [0, 0.05) is 6.04 Å². The molecule has 1 saturated heterocycles. The molecule has 0 spiro atoms. The molecule has 2 bridgehead atoms. The first-order valence-corrected chi connectivity index (χ1v) is 10.3. The quantitative estimate of drug-likeness (QED) is 0.401. The number of hydrogen-bond acceptors (Lipinski definition) is 9. The van der Waals surface area contributed by atoms with Crippen LogP contribution in [0.5, 0.6) is 5.75 Å². The second kappa shape index (κ2) is 10.2. The monoisotopic (exact) mass is 467 g/mol. The Morgan fingerprint density at radius 2 is 1.79 bits per heavy atom. The number of carbonyl (C=O) groups is 4. The number of methoxy groups -OCH3 is 2. The molecule has 0 saturated carbocycles. The van der Waals surface area contributed by atoms with E-state index in [1.807, 2.05) is 24.1 Å². The van der Waals surface area contributed by atoms with Gasteiger partial charge >= 0.3 is 23.9 Å². The van der Waals surface area contributed by atoms with Crippen LogP contribution >= 0.6 is 0 Å².